The zero-order chi connectivity index (χ0) is 13.0. The highest BCUT2D eigenvalue weighted by Gasteiger charge is 2.32. The molecule has 1 heterocycles. The van der Waals surface area contributed by atoms with E-state index in [0.717, 1.165) is 26.2 Å². The predicted octanol–water partition coefficient (Wildman–Crippen LogP) is 3.12. The van der Waals surface area contributed by atoms with E-state index in [1.807, 2.05) is 0 Å². The number of ether oxygens (including phenoxy) is 2. The van der Waals surface area contributed by atoms with Crippen molar-refractivity contribution in [2.75, 3.05) is 31.9 Å². The molecule has 2 rings (SSSR count). The Morgan fingerprint density at radius 3 is 2.33 bits per heavy atom. The molecule has 0 atom stereocenters. The zero-order valence-corrected chi connectivity index (χ0v) is 11.6. The van der Waals surface area contributed by atoms with Gasteiger partial charge < -0.3 is 14.8 Å². The van der Waals surface area contributed by atoms with E-state index in [-0.39, 0.29) is 5.41 Å². The standard InChI is InChI=1S/C15H23NO2/c1-4-15(9-17-11-18-10-15)8-16-14-12(2)6-5-7-13(14)3/h5-7,16H,4,8-11H2,1-3H3. The predicted molar refractivity (Wildman–Crippen MR) is 73.9 cm³/mol. The van der Waals surface area contributed by atoms with Gasteiger partial charge in [-0.3, -0.25) is 0 Å². The van der Waals surface area contributed by atoms with Gasteiger partial charge in [-0.05, 0) is 31.4 Å². The van der Waals surface area contributed by atoms with Crippen molar-refractivity contribution in [3.05, 3.63) is 29.3 Å². The molecular weight excluding hydrogens is 226 g/mol. The smallest absolute Gasteiger partial charge is 0.146 e. The van der Waals surface area contributed by atoms with Crippen molar-refractivity contribution in [2.24, 2.45) is 5.41 Å². The van der Waals surface area contributed by atoms with Gasteiger partial charge in [0.05, 0.1) is 13.2 Å². The molecule has 1 aliphatic heterocycles. The molecule has 3 nitrogen and oxygen atoms in total. The topological polar surface area (TPSA) is 30.5 Å². The van der Waals surface area contributed by atoms with E-state index < -0.39 is 0 Å². The summed E-state index contributed by atoms with van der Waals surface area (Å²) >= 11 is 0. The Kier molecular flexibility index (Phi) is 4.25. The Labute approximate surface area is 109 Å². The van der Waals surface area contributed by atoms with E-state index in [1.54, 1.807) is 0 Å². The minimum absolute atomic E-state index is 0.104. The number of para-hydroxylation sites is 1. The van der Waals surface area contributed by atoms with Crippen LogP contribution in [-0.2, 0) is 9.47 Å². The van der Waals surface area contributed by atoms with Crippen molar-refractivity contribution in [3.63, 3.8) is 0 Å². The number of rotatable bonds is 4. The van der Waals surface area contributed by atoms with Crippen molar-refractivity contribution < 1.29 is 9.47 Å². The number of anilines is 1. The van der Waals surface area contributed by atoms with Gasteiger partial charge in [-0.15, -0.1) is 0 Å². The summed E-state index contributed by atoms with van der Waals surface area (Å²) in [4.78, 5) is 0. The van der Waals surface area contributed by atoms with E-state index >= 15 is 0 Å². The summed E-state index contributed by atoms with van der Waals surface area (Å²) < 4.78 is 10.9. The SMILES string of the molecule is CCC1(CNc2c(C)cccc2C)COCOC1. The molecule has 0 radical (unpaired) electrons. The third-order valence-electron chi connectivity index (χ3n) is 3.85. The maximum Gasteiger partial charge on any atom is 0.146 e. The van der Waals surface area contributed by atoms with Crippen LogP contribution in [0.3, 0.4) is 0 Å². The molecule has 1 aromatic carbocycles. The first-order valence-corrected chi connectivity index (χ1v) is 6.62. The van der Waals surface area contributed by atoms with E-state index in [0.29, 0.717) is 6.79 Å². The van der Waals surface area contributed by atoms with E-state index in [4.69, 9.17) is 9.47 Å². The second-order valence-corrected chi connectivity index (χ2v) is 5.29. The molecule has 0 bridgehead atoms. The summed E-state index contributed by atoms with van der Waals surface area (Å²) in [5, 5.41) is 3.58. The van der Waals surface area contributed by atoms with E-state index in [1.165, 1.54) is 16.8 Å². The first kappa shape index (κ1) is 13.4. The van der Waals surface area contributed by atoms with Crippen LogP contribution in [0, 0.1) is 19.3 Å². The van der Waals surface area contributed by atoms with Crippen LogP contribution in [-0.4, -0.2) is 26.6 Å². The van der Waals surface area contributed by atoms with Crippen LogP contribution in [0.5, 0.6) is 0 Å². The first-order chi connectivity index (χ1) is 8.67. The van der Waals surface area contributed by atoms with Crippen LogP contribution in [0.2, 0.25) is 0 Å². The Bertz CT molecular complexity index is 377. The summed E-state index contributed by atoms with van der Waals surface area (Å²) in [7, 11) is 0. The van der Waals surface area contributed by atoms with Crippen LogP contribution in [0.4, 0.5) is 5.69 Å². The molecule has 18 heavy (non-hydrogen) atoms. The minimum Gasteiger partial charge on any atom is -0.384 e. The summed E-state index contributed by atoms with van der Waals surface area (Å²) in [5.74, 6) is 0. The highest BCUT2D eigenvalue weighted by molar-refractivity contribution is 5.56. The van der Waals surface area contributed by atoms with Gasteiger partial charge >= 0.3 is 0 Å². The molecule has 1 aliphatic rings. The Hall–Kier alpha value is -1.06. The molecule has 0 saturated carbocycles. The number of aryl methyl sites for hydroxylation is 2. The third-order valence-corrected chi connectivity index (χ3v) is 3.85. The quantitative estimate of drug-likeness (QED) is 0.889. The number of hydrogen-bond donors (Lipinski definition) is 1. The van der Waals surface area contributed by atoms with E-state index in [9.17, 15) is 0 Å². The first-order valence-electron chi connectivity index (χ1n) is 6.62. The van der Waals surface area contributed by atoms with Crippen molar-refractivity contribution in [1.82, 2.24) is 0 Å². The van der Waals surface area contributed by atoms with Crippen LogP contribution in [0.25, 0.3) is 0 Å². The lowest BCUT2D eigenvalue weighted by molar-refractivity contribution is -0.161. The van der Waals surface area contributed by atoms with Gasteiger partial charge in [-0.2, -0.15) is 0 Å². The third kappa shape index (κ3) is 2.85. The molecule has 1 aromatic rings. The number of nitrogens with one attached hydrogen (secondary N) is 1. The molecule has 0 unspecified atom stereocenters. The lowest BCUT2D eigenvalue weighted by Gasteiger charge is -2.36. The molecule has 1 saturated heterocycles. The highest BCUT2D eigenvalue weighted by Crippen LogP contribution is 2.28. The molecule has 100 valence electrons. The van der Waals surface area contributed by atoms with E-state index in [2.05, 4.69) is 44.3 Å². The van der Waals surface area contributed by atoms with Gasteiger partial charge in [0.1, 0.15) is 6.79 Å². The molecule has 0 spiro atoms. The molecule has 0 amide bonds. The summed E-state index contributed by atoms with van der Waals surface area (Å²) in [6, 6.07) is 6.38. The maximum absolute atomic E-state index is 5.46. The molecule has 0 aromatic heterocycles. The monoisotopic (exact) mass is 249 g/mol. The summed E-state index contributed by atoms with van der Waals surface area (Å²) in [6.45, 7) is 9.37. The van der Waals surface area contributed by atoms with Crippen LogP contribution >= 0.6 is 0 Å². The highest BCUT2D eigenvalue weighted by atomic mass is 16.7. The van der Waals surface area contributed by atoms with Gasteiger partial charge in [0.2, 0.25) is 0 Å². The van der Waals surface area contributed by atoms with Gasteiger partial charge in [0.15, 0.2) is 0 Å². The fourth-order valence-electron chi connectivity index (χ4n) is 2.42. The summed E-state index contributed by atoms with van der Waals surface area (Å²) in [6.07, 6.45) is 1.06. The van der Waals surface area contributed by atoms with Gasteiger partial charge in [0.25, 0.3) is 0 Å². The van der Waals surface area contributed by atoms with Crippen molar-refractivity contribution in [2.45, 2.75) is 27.2 Å². The van der Waals surface area contributed by atoms with Crippen molar-refractivity contribution in [1.29, 1.82) is 0 Å². The number of benzene rings is 1. The minimum atomic E-state index is 0.104. The average Bonchev–Trinajstić information content (AvgIpc) is 2.39. The fraction of sp³-hybridized carbons (Fsp3) is 0.600. The molecule has 1 fully saturated rings. The normalized spacial score (nSPS) is 18.6. The second-order valence-electron chi connectivity index (χ2n) is 5.29. The molecular formula is C15H23NO2. The molecule has 0 aliphatic carbocycles. The van der Waals surface area contributed by atoms with Crippen LogP contribution < -0.4 is 5.32 Å². The van der Waals surface area contributed by atoms with Crippen LogP contribution in [0.1, 0.15) is 24.5 Å². The molecule has 3 heteroatoms. The lowest BCUT2D eigenvalue weighted by Crippen LogP contribution is -2.42. The maximum atomic E-state index is 5.46. The Morgan fingerprint density at radius 2 is 1.78 bits per heavy atom. The Morgan fingerprint density at radius 1 is 1.17 bits per heavy atom. The Balaban J connectivity index is 2.05. The number of hydrogen-bond acceptors (Lipinski definition) is 3. The fourth-order valence-corrected chi connectivity index (χ4v) is 2.42. The van der Waals surface area contributed by atoms with Gasteiger partial charge in [0, 0.05) is 17.6 Å². The second kappa shape index (κ2) is 5.72. The lowest BCUT2D eigenvalue weighted by atomic mass is 9.86. The van der Waals surface area contributed by atoms with Gasteiger partial charge in [-0.25, -0.2) is 0 Å². The largest absolute Gasteiger partial charge is 0.384 e. The molecule has 1 N–H and O–H groups in total. The summed E-state index contributed by atoms with van der Waals surface area (Å²) in [5.41, 5.74) is 3.93. The van der Waals surface area contributed by atoms with Gasteiger partial charge in [-0.1, -0.05) is 25.1 Å². The average molecular weight is 249 g/mol. The van der Waals surface area contributed by atoms with Crippen molar-refractivity contribution in [3.8, 4) is 0 Å². The zero-order valence-electron chi connectivity index (χ0n) is 11.6. The van der Waals surface area contributed by atoms with Crippen LogP contribution in [0.15, 0.2) is 18.2 Å². The van der Waals surface area contributed by atoms with Crippen molar-refractivity contribution >= 4 is 5.69 Å².